The number of amides is 1. The van der Waals surface area contributed by atoms with Gasteiger partial charge in [0.15, 0.2) is 0 Å². The van der Waals surface area contributed by atoms with Gasteiger partial charge in [-0.2, -0.15) is 0 Å². The molecule has 1 fully saturated rings. The van der Waals surface area contributed by atoms with E-state index in [0.717, 1.165) is 24.2 Å². The number of carbonyl (C=O) groups is 1. The summed E-state index contributed by atoms with van der Waals surface area (Å²) >= 11 is 0. The smallest absolute Gasteiger partial charge is 0.237 e. The van der Waals surface area contributed by atoms with E-state index in [9.17, 15) is 4.79 Å². The maximum absolute atomic E-state index is 12.4. The Morgan fingerprint density at radius 3 is 2.52 bits per heavy atom. The zero-order chi connectivity index (χ0) is 16.1. The molecule has 1 saturated carbocycles. The molecule has 1 aliphatic rings. The minimum absolute atomic E-state index is 0.0596. The Hall–Kier alpha value is -2.07. The molecule has 2 atom stereocenters. The number of hydrogen-bond acceptors (Lipinski definition) is 3. The summed E-state index contributed by atoms with van der Waals surface area (Å²) < 4.78 is 5.57. The Kier molecular flexibility index (Phi) is 5.13. The van der Waals surface area contributed by atoms with Crippen molar-refractivity contribution in [2.75, 3.05) is 0 Å². The Morgan fingerprint density at radius 2 is 1.87 bits per heavy atom. The van der Waals surface area contributed by atoms with Gasteiger partial charge in [0.05, 0.1) is 18.3 Å². The van der Waals surface area contributed by atoms with Crippen LogP contribution < -0.4 is 10.6 Å². The van der Waals surface area contributed by atoms with E-state index in [1.807, 2.05) is 49.4 Å². The molecule has 4 nitrogen and oxygen atoms in total. The number of furan rings is 1. The van der Waals surface area contributed by atoms with E-state index in [1.54, 1.807) is 6.26 Å². The third-order valence-electron chi connectivity index (χ3n) is 4.47. The number of benzene rings is 1. The van der Waals surface area contributed by atoms with Gasteiger partial charge in [-0.3, -0.25) is 10.1 Å². The molecule has 1 amide bonds. The van der Waals surface area contributed by atoms with Gasteiger partial charge >= 0.3 is 0 Å². The summed E-state index contributed by atoms with van der Waals surface area (Å²) in [4.78, 5) is 12.4. The highest BCUT2D eigenvalue weighted by Crippen LogP contribution is 2.23. The van der Waals surface area contributed by atoms with E-state index >= 15 is 0 Å². The van der Waals surface area contributed by atoms with Gasteiger partial charge in [0.25, 0.3) is 0 Å². The summed E-state index contributed by atoms with van der Waals surface area (Å²) in [5, 5.41) is 6.55. The van der Waals surface area contributed by atoms with Crippen LogP contribution in [0.3, 0.4) is 0 Å². The van der Waals surface area contributed by atoms with Crippen molar-refractivity contribution in [1.29, 1.82) is 0 Å². The first-order valence-corrected chi connectivity index (χ1v) is 8.39. The van der Waals surface area contributed by atoms with Crippen molar-refractivity contribution in [2.45, 2.75) is 50.7 Å². The van der Waals surface area contributed by atoms with Crippen molar-refractivity contribution in [2.24, 2.45) is 0 Å². The second-order valence-corrected chi connectivity index (χ2v) is 6.24. The van der Waals surface area contributed by atoms with Crippen molar-refractivity contribution in [1.82, 2.24) is 10.6 Å². The minimum atomic E-state index is -0.286. The van der Waals surface area contributed by atoms with Crippen molar-refractivity contribution < 1.29 is 9.21 Å². The van der Waals surface area contributed by atoms with Crippen LogP contribution in [0.25, 0.3) is 0 Å². The molecular formula is C19H24N2O2. The maximum Gasteiger partial charge on any atom is 0.237 e. The zero-order valence-electron chi connectivity index (χ0n) is 13.5. The average Bonchev–Trinajstić information content (AvgIpc) is 3.26. The molecular weight excluding hydrogens is 288 g/mol. The van der Waals surface area contributed by atoms with Gasteiger partial charge in [-0.05, 0) is 37.5 Å². The SMILES string of the molecule is C[C@H](N[C@@H](c1ccccc1)c1ccco1)C(=O)NC1CCCC1. The van der Waals surface area contributed by atoms with Crippen LogP contribution >= 0.6 is 0 Å². The lowest BCUT2D eigenvalue weighted by molar-refractivity contribution is -0.123. The molecule has 1 heterocycles. The van der Waals surface area contributed by atoms with Crippen molar-refractivity contribution in [3.8, 4) is 0 Å². The van der Waals surface area contributed by atoms with Gasteiger partial charge in [0.2, 0.25) is 5.91 Å². The third-order valence-corrected chi connectivity index (χ3v) is 4.47. The fourth-order valence-corrected chi connectivity index (χ4v) is 3.17. The fourth-order valence-electron chi connectivity index (χ4n) is 3.17. The van der Waals surface area contributed by atoms with Crippen LogP contribution in [-0.2, 0) is 4.79 Å². The molecule has 0 aliphatic heterocycles. The predicted molar refractivity (Wildman–Crippen MR) is 90.0 cm³/mol. The molecule has 2 N–H and O–H groups in total. The van der Waals surface area contributed by atoms with Crippen LogP contribution in [0.4, 0.5) is 0 Å². The molecule has 1 aromatic carbocycles. The van der Waals surface area contributed by atoms with E-state index < -0.39 is 0 Å². The Balaban J connectivity index is 1.69. The van der Waals surface area contributed by atoms with Crippen molar-refractivity contribution in [3.05, 3.63) is 60.1 Å². The molecule has 0 radical (unpaired) electrons. The highest BCUT2D eigenvalue weighted by molar-refractivity contribution is 5.81. The first kappa shape index (κ1) is 15.8. The predicted octanol–water partition coefficient (Wildman–Crippen LogP) is 3.41. The Labute approximate surface area is 137 Å². The topological polar surface area (TPSA) is 54.3 Å². The van der Waals surface area contributed by atoms with Gasteiger partial charge in [-0.25, -0.2) is 0 Å². The Morgan fingerprint density at radius 1 is 1.13 bits per heavy atom. The van der Waals surface area contributed by atoms with Crippen molar-refractivity contribution >= 4 is 5.91 Å². The summed E-state index contributed by atoms with van der Waals surface area (Å²) in [5.41, 5.74) is 1.09. The van der Waals surface area contributed by atoms with Crippen LogP contribution in [0.15, 0.2) is 53.1 Å². The molecule has 0 bridgehead atoms. The summed E-state index contributed by atoms with van der Waals surface area (Å²) in [6.45, 7) is 1.91. The van der Waals surface area contributed by atoms with Crippen LogP contribution in [0, 0.1) is 0 Å². The molecule has 0 saturated heterocycles. The normalized spacial score (nSPS) is 17.8. The highest BCUT2D eigenvalue weighted by Gasteiger charge is 2.25. The number of hydrogen-bond donors (Lipinski definition) is 2. The van der Waals surface area contributed by atoms with Crippen LogP contribution in [0.5, 0.6) is 0 Å². The third kappa shape index (κ3) is 4.02. The van der Waals surface area contributed by atoms with Gasteiger partial charge in [-0.15, -0.1) is 0 Å². The molecule has 23 heavy (non-hydrogen) atoms. The van der Waals surface area contributed by atoms with Gasteiger partial charge in [-0.1, -0.05) is 43.2 Å². The molecule has 122 valence electrons. The minimum Gasteiger partial charge on any atom is -0.467 e. The van der Waals surface area contributed by atoms with E-state index in [1.165, 1.54) is 12.8 Å². The van der Waals surface area contributed by atoms with Gasteiger partial charge in [0.1, 0.15) is 5.76 Å². The van der Waals surface area contributed by atoms with Crippen LogP contribution in [-0.4, -0.2) is 18.0 Å². The first-order chi connectivity index (χ1) is 11.2. The second kappa shape index (κ2) is 7.47. The Bertz CT molecular complexity index is 604. The molecule has 4 heteroatoms. The lowest BCUT2D eigenvalue weighted by atomic mass is 10.0. The standard InChI is InChI=1S/C19H24N2O2/c1-14(19(22)21-16-10-5-6-11-16)20-18(17-12-7-13-23-17)15-8-3-2-4-9-15/h2-4,7-9,12-14,16,18,20H,5-6,10-11H2,1H3,(H,21,22)/t14-,18-/m0/s1. The van der Waals surface area contributed by atoms with E-state index in [2.05, 4.69) is 10.6 Å². The summed E-state index contributed by atoms with van der Waals surface area (Å²) in [6.07, 6.45) is 6.28. The lowest BCUT2D eigenvalue weighted by Crippen LogP contribution is -2.46. The summed E-state index contributed by atoms with van der Waals surface area (Å²) in [5.74, 6) is 0.876. The van der Waals surface area contributed by atoms with E-state index in [0.29, 0.717) is 6.04 Å². The second-order valence-electron chi connectivity index (χ2n) is 6.24. The lowest BCUT2D eigenvalue weighted by Gasteiger charge is -2.23. The van der Waals surface area contributed by atoms with Crippen LogP contribution in [0.1, 0.15) is 50.0 Å². The summed E-state index contributed by atoms with van der Waals surface area (Å²) in [6, 6.07) is 13.8. The van der Waals surface area contributed by atoms with E-state index in [-0.39, 0.29) is 18.0 Å². The number of nitrogens with one attached hydrogen (secondary N) is 2. The largest absolute Gasteiger partial charge is 0.467 e. The van der Waals surface area contributed by atoms with Crippen LogP contribution in [0.2, 0.25) is 0 Å². The molecule has 0 spiro atoms. The number of carbonyl (C=O) groups excluding carboxylic acids is 1. The monoisotopic (exact) mass is 312 g/mol. The zero-order valence-corrected chi connectivity index (χ0v) is 13.5. The quantitative estimate of drug-likeness (QED) is 0.859. The molecule has 1 aromatic heterocycles. The first-order valence-electron chi connectivity index (χ1n) is 8.39. The van der Waals surface area contributed by atoms with Crippen molar-refractivity contribution in [3.63, 3.8) is 0 Å². The van der Waals surface area contributed by atoms with Gasteiger partial charge < -0.3 is 9.73 Å². The summed E-state index contributed by atoms with van der Waals surface area (Å²) in [7, 11) is 0. The molecule has 0 unspecified atom stereocenters. The molecule has 3 rings (SSSR count). The highest BCUT2D eigenvalue weighted by atomic mass is 16.3. The van der Waals surface area contributed by atoms with Gasteiger partial charge in [0, 0.05) is 6.04 Å². The number of rotatable bonds is 6. The maximum atomic E-state index is 12.4. The van der Waals surface area contributed by atoms with E-state index in [4.69, 9.17) is 4.42 Å². The molecule has 1 aliphatic carbocycles. The molecule has 2 aromatic rings. The average molecular weight is 312 g/mol. The fraction of sp³-hybridized carbons (Fsp3) is 0.421.